The zero-order chi connectivity index (χ0) is 9.97. The molecule has 2 aromatic heterocycles. The summed E-state index contributed by atoms with van der Waals surface area (Å²) in [7, 11) is 4.17. The molecule has 2 heterocycles. The lowest BCUT2D eigenvalue weighted by atomic mass is 10.2. The van der Waals surface area contributed by atoms with Gasteiger partial charge in [0.15, 0.2) is 0 Å². The summed E-state index contributed by atoms with van der Waals surface area (Å²) >= 11 is 0. The lowest BCUT2D eigenvalue weighted by Gasteiger charge is -2.08. The molecule has 2 rings (SSSR count). The molecule has 2 aromatic rings. The van der Waals surface area contributed by atoms with Gasteiger partial charge in [-0.1, -0.05) is 0 Å². The van der Waals surface area contributed by atoms with Crippen LogP contribution in [0.4, 0.5) is 0 Å². The molecule has 0 amide bonds. The summed E-state index contributed by atoms with van der Waals surface area (Å²) in [5.41, 5.74) is 3.45. The summed E-state index contributed by atoms with van der Waals surface area (Å²) < 4.78 is 0. The van der Waals surface area contributed by atoms with E-state index in [9.17, 15) is 0 Å². The van der Waals surface area contributed by atoms with Gasteiger partial charge in [-0.05, 0) is 38.2 Å². The Hall–Kier alpha value is -1.35. The van der Waals surface area contributed by atoms with Crippen molar-refractivity contribution in [2.24, 2.45) is 0 Å². The number of aromatic nitrogens is 2. The maximum Gasteiger partial charge on any atom is 0.0878 e. The lowest BCUT2D eigenvalue weighted by molar-refractivity contribution is 0.413. The summed E-state index contributed by atoms with van der Waals surface area (Å²) in [5, 5.41) is 0. The fourth-order valence-corrected chi connectivity index (χ4v) is 1.47. The molecule has 0 radical (unpaired) electrons. The van der Waals surface area contributed by atoms with Gasteiger partial charge < -0.3 is 9.88 Å². The first-order chi connectivity index (χ1) is 6.75. The van der Waals surface area contributed by atoms with E-state index in [0.717, 1.165) is 24.0 Å². The zero-order valence-corrected chi connectivity index (χ0v) is 8.62. The average Bonchev–Trinajstić information content (AvgIpc) is 2.61. The minimum atomic E-state index is 1.04. The molecule has 1 N–H and O–H groups in total. The van der Waals surface area contributed by atoms with E-state index in [0.29, 0.717) is 0 Å². The molecule has 0 aliphatic heterocycles. The summed E-state index contributed by atoms with van der Waals surface area (Å²) in [6.45, 7) is 1.06. The first kappa shape index (κ1) is 9.21. The van der Waals surface area contributed by atoms with E-state index in [-0.39, 0.29) is 0 Å². The van der Waals surface area contributed by atoms with Crippen molar-refractivity contribution >= 4 is 11.0 Å². The quantitative estimate of drug-likeness (QED) is 0.796. The van der Waals surface area contributed by atoms with Crippen LogP contribution < -0.4 is 0 Å². The van der Waals surface area contributed by atoms with Gasteiger partial charge in [-0.2, -0.15) is 0 Å². The van der Waals surface area contributed by atoms with Crippen LogP contribution in [0.25, 0.3) is 11.0 Å². The third-order valence-electron chi connectivity index (χ3n) is 2.30. The normalized spacial score (nSPS) is 11.4. The highest BCUT2D eigenvalue weighted by Crippen LogP contribution is 2.11. The first-order valence-electron chi connectivity index (χ1n) is 4.82. The second-order valence-electron chi connectivity index (χ2n) is 3.81. The van der Waals surface area contributed by atoms with Crippen LogP contribution in [0.1, 0.15) is 5.56 Å². The van der Waals surface area contributed by atoms with Crippen LogP contribution in [-0.2, 0) is 6.42 Å². The number of likely N-dealkylation sites (N-methyl/N-ethyl adjacent to an activating group) is 1. The Kier molecular flexibility index (Phi) is 2.50. The smallest absolute Gasteiger partial charge is 0.0878 e. The van der Waals surface area contributed by atoms with E-state index in [1.165, 1.54) is 5.56 Å². The highest BCUT2D eigenvalue weighted by Gasteiger charge is 1.99. The maximum atomic E-state index is 4.37. The fraction of sp³-hybridized carbons (Fsp3) is 0.364. The first-order valence-corrected chi connectivity index (χ1v) is 4.82. The number of nitrogens with zero attached hydrogens (tertiary/aromatic N) is 2. The monoisotopic (exact) mass is 189 g/mol. The molecule has 0 spiro atoms. The molecule has 0 fully saturated rings. The molecule has 14 heavy (non-hydrogen) atoms. The van der Waals surface area contributed by atoms with Crippen molar-refractivity contribution in [3.63, 3.8) is 0 Å². The molecular formula is C11H15N3. The molecule has 0 aliphatic rings. The van der Waals surface area contributed by atoms with Crippen molar-refractivity contribution in [2.45, 2.75) is 6.42 Å². The van der Waals surface area contributed by atoms with Gasteiger partial charge in [0.2, 0.25) is 0 Å². The highest BCUT2D eigenvalue weighted by molar-refractivity contribution is 5.74. The molecule has 0 aliphatic carbocycles. The third kappa shape index (κ3) is 1.93. The summed E-state index contributed by atoms with van der Waals surface area (Å²) in [6.07, 6.45) is 4.93. The van der Waals surface area contributed by atoms with Crippen LogP contribution in [0.2, 0.25) is 0 Å². The second-order valence-corrected chi connectivity index (χ2v) is 3.81. The van der Waals surface area contributed by atoms with Gasteiger partial charge in [-0.25, -0.2) is 0 Å². The van der Waals surface area contributed by atoms with E-state index >= 15 is 0 Å². The summed E-state index contributed by atoms with van der Waals surface area (Å²) in [6, 6.07) is 4.16. The SMILES string of the molecule is CN(C)CCc1cnc2cc[nH]c2c1. The molecule has 74 valence electrons. The fourth-order valence-electron chi connectivity index (χ4n) is 1.47. The number of nitrogens with one attached hydrogen (secondary N) is 1. The molecule has 0 saturated heterocycles. The van der Waals surface area contributed by atoms with Crippen LogP contribution in [0.15, 0.2) is 24.5 Å². The molecule has 0 bridgehead atoms. The van der Waals surface area contributed by atoms with E-state index < -0.39 is 0 Å². The number of H-pyrrole nitrogens is 1. The Balaban J connectivity index is 2.17. The van der Waals surface area contributed by atoms with Crippen molar-refractivity contribution in [3.8, 4) is 0 Å². The van der Waals surface area contributed by atoms with Crippen LogP contribution >= 0.6 is 0 Å². The summed E-state index contributed by atoms with van der Waals surface area (Å²) in [4.78, 5) is 9.72. The van der Waals surface area contributed by atoms with E-state index in [1.54, 1.807) is 0 Å². The Labute approximate surface area is 83.8 Å². The molecule has 0 unspecified atom stereocenters. The van der Waals surface area contributed by atoms with Crippen molar-refractivity contribution in [1.82, 2.24) is 14.9 Å². The minimum Gasteiger partial charge on any atom is -0.360 e. The van der Waals surface area contributed by atoms with Crippen LogP contribution in [0.3, 0.4) is 0 Å². The second kappa shape index (κ2) is 3.80. The Morgan fingerprint density at radius 2 is 2.29 bits per heavy atom. The largest absolute Gasteiger partial charge is 0.360 e. The Morgan fingerprint density at radius 3 is 3.07 bits per heavy atom. The Bertz CT molecular complexity index is 417. The van der Waals surface area contributed by atoms with Gasteiger partial charge >= 0.3 is 0 Å². The number of fused-ring (bicyclic) bond motifs is 1. The highest BCUT2D eigenvalue weighted by atomic mass is 15.0. The minimum absolute atomic E-state index is 1.04. The van der Waals surface area contributed by atoms with Crippen molar-refractivity contribution in [3.05, 3.63) is 30.1 Å². The standard InChI is InChI=1S/C11H15N3/c1-14(2)6-4-9-7-11-10(13-8-9)3-5-12-11/h3,5,7-8,12H,4,6H2,1-2H3. The maximum absolute atomic E-state index is 4.37. The van der Waals surface area contributed by atoms with Gasteiger partial charge in [-0.3, -0.25) is 4.98 Å². The van der Waals surface area contributed by atoms with Crippen molar-refractivity contribution in [1.29, 1.82) is 0 Å². The predicted octanol–water partition coefficient (Wildman–Crippen LogP) is 1.67. The average molecular weight is 189 g/mol. The summed E-state index contributed by atoms with van der Waals surface area (Å²) in [5.74, 6) is 0. The van der Waals surface area contributed by atoms with Gasteiger partial charge in [0.1, 0.15) is 0 Å². The van der Waals surface area contributed by atoms with Crippen molar-refractivity contribution < 1.29 is 0 Å². The zero-order valence-electron chi connectivity index (χ0n) is 8.62. The molecule has 0 atom stereocenters. The third-order valence-corrected chi connectivity index (χ3v) is 2.30. The van der Waals surface area contributed by atoms with E-state index in [2.05, 4.69) is 35.0 Å². The molecule has 3 nitrogen and oxygen atoms in total. The van der Waals surface area contributed by atoms with Gasteiger partial charge in [0, 0.05) is 18.9 Å². The van der Waals surface area contributed by atoms with Gasteiger partial charge in [0.25, 0.3) is 0 Å². The van der Waals surface area contributed by atoms with Crippen molar-refractivity contribution in [2.75, 3.05) is 20.6 Å². The number of pyridine rings is 1. The molecule has 0 aromatic carbocycles. The lowest BCUT2D eigenvalue weighted by Crippen LogP contribution is -2.15. The Morgan fingerprint density at radius 1 is 1.43 bits per heavy atom. The molecular weight excluding hydrogens is 174 g/mol. The predicted molar refractivity (Wildman–Crippen MR) is 58.4 cm³/mol. The van der Waals surface area contributed by atoms with E-state index in [4.69, 9.17) is 0 Å². The van der Waals surface area contributed by atoms with Crippen LogP contribution in [0, 0.1) is 0 Å². The molecule has 3 heteroatoms. The van der Waals surface area contributed by atoms with E-state index in [1.807, 2.05) is 18.5 Å². The van der Waals surface area contributed by atoms with Gasteiger partial charge in [0.05, 0.1) is 11.0 Å². The number of aromatic amines is 1. The topological polar surface area (TPSA) is 31.9 Å². The van der Waals surface area contributed by atoms with Gasteiger partial charge in [-0.15, -0.1) is 0 Å². The molecule has 0 saturated carbocycles. The number of rotatable bonds is 3. The number of hydrogen-bond acceptors (Lipinski definition) is 2. The van der Waals surface area contributed by atoms with Crippen LogP contribution in [0.5, 0.6) is 0 Å². The van der Waals surface area contributed by atoms with Crippen LogP contribution in [-0.4, -0.2) is 35.5 Å². The number of hydrogen-bond donors (Lipinski definition) is 1.